The van der Waals surface area contributed by atoms with E-state index in [9.17, 15) is 4.79 Å². The van der Waals surface area contributed by atoms with E-state index in [0.717, 1.165) is 0 Å². The van der Waals surface area contributed by atoms with Gasteiger partial charge in [-0.15, -0.1) is 0 Å². The van der Waals surface area contributed by atoms with E-state index in [1.807, 2.05) is 6.07 Å². The number of hydroxylamine groups is 1. The zero-order valence-electron chi connectivity index (χ0n) is 7.93. The third-order valence-corrected chi connectivity index (χ3v) is 1.63. The molecule has 1 amide bonds. The van der Waals surface area contributed by atoms with E-state index in [-0.39, 0.29) is 13.2 Å². The molecule has 5 nitrogen and oxygen atoms in total. The van der Waals surface area contributed by atoms with Crippen LogP contribution >= 0.6 is 0 Å². The molecule has 15 heavy (non-hydrogen) atoms. The summed E-state index contributed by atoms with van der Waals surface area (Å²) >= 11 is 0. The van der Waals surface area contributed by atoms with Crippen molar-refractivity contribution >= 4 is 5.91 Å². The predicted octanol–water partition coefficient (Wildman–Crippen LogP) is 0.212. The highest BCUT2D eigenvalue weighted by Gasteiger charge is 2.04. The number of carbonyl (C=O) groups excluding carboxylic acids is 1. The van der Waals surface area contributed by atoms with Gasteiger partial charge in [-0.1, -0.05) is 0 Å². The number of nitrogens with zero attached hydrogens (tertiary/aromatic N) is 1. The summed E-state index contributed by atoms with van der Waals surface area (Å²) in [6.07, 6.45) is 0. The van der Waals surface area contributed by atoms with Gasteiger partial charge in [0, 0.05) is 5.56 Å². The number of amides is 1. The number of hydrogen-bond donors (Lipinski definition) is 2. The molecule has 0 spiro atoms. The number of rotatable bonds is 4. The number of aliphatic hydroxyl groups excluding tert-OH is 1. The van der Waals surface area contributed by atoms with Gasteiger partial charge in [-0.2, -0.15) is 5.26 Å². The molecule has 1 aromatic carbocycles. The molecular weight excluding hydrogens is 196 g/mol. The van der Waals surface area contributed by atoms with Gasteiger partial charge in [-0.25, -0.2) is 5.48 Å². The van der Waals surface area contributed by atoms with Crippen molar-refractivity contribution in [3.8, 4) is 6.07 Å². The average Bonchev–Trinajstić information content (AvgIpc) is 2.29. The summed E-state index contributed by atoms with van der Waals surface area (Å²) in [6.45, 7) is -0.115. The van der Waals surface area contributed by atoms with E-state index >= 15 is 0 Å². The van der Waals surface area contributed by atoms with Crippen LogP contribution in [0.4, 0.5) is 0 Å². The molecular formula is C10H10N2O3. The molecule has 1 aromatic rings. The van der Waals surface area contributed by atoms with Gasteiger partial charge >= 0.3 is 0 Å². The van der Waals surface area contributed by atoms with Crippen molar-refractivity contribution < 1.29 is 14.7 Å². The van der Waals surface area contributed by atoms with Crippen molar-refractivity contribution in [2.45, 2.75) is 0 Å². The van der Waals surface area contributed by atoms with Gasteiger partial charge in [0.15, 0.2) is 0 Å². The first kappa shape index (κ1) is 11.2. The number of nitriles is 1. The van der Waals surface area contributed by atoms with Crippen LogP contribution in [0.15, 0.2) is 24.3 Å². The number of aliphatic hydroxyl groups is 1. The van der Waals surface area contributed by atoms with Crippen LogP contribution in [0.5, 0.6) is 0 Å². The zero-order chi connectivity index (χ0) is 11.1. The first-order valence-electron chi connectivity index (χ1n) is 4.31. The number of carbonyl (C=O) groups is 1. The molecule has 2 N–H and O–H groups in total. The lowest BCUT2D eigenvalue weighted by molar-refractivity contribution is 0.0168. The summed E-state index contributed by atoms with van der Waals surface area (Å²) in [5, 5.41) is 16.9. The molecule has 0 unspecified atom stereocenters. The molecule has 78 valence electrons. The molecule has 0 atom stereocenters. The minimum absolute atomic E-state index is 0.0437. The predicted molar refractivity (Wildman–Crippen MR) is 51.7 cm³/mol. The van der Waals surface area contributed by atoms with Crippen molar-refractivity contribution in [1.29, 1.82) is 5.26 Å². The minimum atomic E-state index is -0.409. The summed E-state index contributed by atoms with van der Waals surface area (Å²) in [4.78, 5) is 16.0. The Kier molecular flexibility index (Phi) is 4.29. The molecule has 0 saturated heterocycles. The molecule has 0 aliphatic rings. The third-order valence-electron chi connectivity index (χ3n) is 1.63. The molecule has 0 heterocycles. The van der Waals surface area contributed by atoms with Crippen LogP contribution in [-0.2, 0) is 4.84 Å². The summed E-state index contributed by atoms with van der Waals surface area (Å²) in [6, 6.07) is 8.08. The number of nitrogens with one attached hydrogen (secondary N) is 1. The largest absolute Gasteiger partial charge is 0.394 e. The van der Waals surface area contributed by atoms with E-state index in [2.05, 4.69) is 10.3 Å². The summed E-state index contributed by atoms with van der Waals surface area (Å²) < 4.78 is 0. The van der Waals surface area contributed by atoms with Crippen LogP contribution in [0, 0.1) is 11.3 Å². The smallest absolute Gasteiger partial charge is 0.274 e. The van der Waals surface area contributed by atoms with Gasteiger partial charge in [-0.3, -0.25) is 9.63 Å². The molecule has 0 bridgehead atoms. The SMILES string of the molecule is N#Cc1ccc(C(=O)NOCCO)cc1. The Hall–Kier alpha value is -1.90. The highest BCUT2D eigenvalue weighted by molar-refractivity contribution is 5.93. The first-order chi connectivity index (χ1) is 7.27. The van der Waals surface area contributed by atoms with E-state index in [4.69, 9.17) is 10.4 Å². The van der Waals surface area contributed by atoms with Crippen molar-refractivity contribution in [3.05, 3.63) is 35.4 Å². The first-order valence-corrected chi connectivity index (χ1v) is 4.31. The number of benzene rings is 1. The quantitative estimate of drug-likeness (QED) is 0.545. The second kappa shape index (κ2) is 5.75. The Morgan fingerprint density at radius 1 is 1.47 bits per heavy atom. The highest BCUT2D eigenvalue weighted by Crippen LogP contribution is 2.02. The molecule has 1 rings (SSSR count). The van der Waals surface area contributed by atoms with Crippen LogP contribution in [0.1, 0.15) is 15.9 Å². The molecule has 0 saturated carbocycles. The van der Waals surface area contributed by atoms with Crippen LogP contribution in [-0.4, -0.2) is 24.2 Å². The molecule has 5 heteroatoms. The lowest BCUT2D eigenvalue weighted by Gasteiger charge is -2.03. The van der Waals surface area contributed by atoms with Crippen molar-refractivity contribution in [2.75, 3.05) is 13.2 Å². The van der Waals surface area contributed by atoms with Crippen LogP contribution in [0.3, 0.4) is 0 Å². The van der Waals surface area contributed by atoms with E-state index in [1.54, 1.807) is 12.1 Å². The summed E-state index contributed by atoms with van der Waals surface area (Å²) in [5.74, 6) is -0.409. The molecule has 0 aliphatic carbocycles. The van der Waals surface area contributed by atoms with Crippen LogP contribution in [0.2, 0.25) is 0 Å². The van der Waals surface area contributed by atoms with Crippen molar-refractivity contribution in [3.63, 3.8) is 0 Å². The Labute approximate surface area is 86.9 Å². The van der Waals surface area contributed by atoms with Gasteiger partial charge in [-0.05, 0) is 24.3 Å². The van der Waals surface area contributed by atoms with Crippen LogP contribution < -0.4 is 5.48 Å². The Morgan fingerprint density at radius 3 is 2.67 bits per heavy atom. The van der Waals surface area contributed by atoms with E-state index in [0.29, 0.717) is 11.1 Å². The fraction of sp³-hybridized carbons (Fsp3) is 0.200. The third kappa shape index (κ3) is 3.38. The van der Waals surface area contributed by atoms with Gasteiger partial charge in [0.1, 0.15) is 0 Å². The standard InChI is InChI=1S/C10H10N2O3/c11-7-8-1-3-9(4-2-8)10(14)12-15-6-5-13/h1-4,13H,5-6H2,(H,12,14). The van der Waals surface area contributed by atoms with Gasteiger partial charge < -0.3 is 5.11 Å². The van der Waals surface area contributed by atoms with Crippen molar-refractivity contribution in [2.24, 2.45) is 0 Å². The monoisotopic (exact) mass is 206 g/mol. The fourth-order valence-corrected chi connectivity index (χ4v) is 0.917. The van der Waals surface area contributed by atoms with Crippen LogP contribution in [0.25, 0.3) is 0 Å². The summed E-state index contributed by atoms with van der Waals surface area (Å²) in [7, 11) is 0. The zero-order valence-corrected chi connectivity index (χ0v) is 7.93. The lowest BCUT2D eigenvalue weighted by atomic mass is 10.1. The maximum atomic E-state index is 11.3. The Morgan fingerprint density at radius 2 is 2.13 bits per heavy atom. The van der Waals surface area contributed by atoms with Gasteiger partial charge in [0.2, 0.25) is 0 Å². The highest BCUT2D eigenvalue weighted by atomic mass is 16.7. The average molecular weight is 206 g/mol. The van der Waals surface area contributed by atoms with Gasteiger partial charge in [0.05, 0.1) is 24.8 Å². The Bertz CT molecular complexity index is 367. The molecule has 0 aromatic heterocycles. The topological polar surface area (TPSA) is 82.4 Å². The maximum absolute atomic E-state index is 11.3. The molecule has 0 fully saturated rings. The second-order valence-electron chi connectivity index (χ2n) is 2.69. The van der Waals surface area contributed by atoms with E-state index in [1.165, 1.54) is 12.1 Å². The van der Waals surface area contributed by atoms with Crippen molar-refractivity contribution in [1.82, 2.24) is 5.48 Å². The lowest BCUT2D eigenvalue weighted by Crippen LogP contribution is -2.25. The van der Waals surface area contributed by atoms with E-state index < -0.39 is 5.91 Å². The summed E-state index contributed by atoms with van der Waals surface area (Å²) in [5.41, 5.74) is 3.04. The Balaban J connectivity index is 2.55. The molecule has 0 aliphatic heterocycles. The molecule has 0 radical (unpaired) electrons. The second-order valence-corrected chi connectivity index (χ2v) is 2.69. The normalized spacial score (nSPS) is 9.33. The number of hydrogen-bond acceptors (Lipinski definition) is 4. The maximum Gasteiger partial charge on any atom is 0.274 e. The minimum Gasteiger partial charge on any atom is -0.394 e. The van der Waals surface area contributed by atoms with Gasteiger partial charge in [0.25, 0.3) is 5.91 Å². The fourth-order valence-electron chi connectivity index (χ4n) is 0.917.